The molecule has 0 fully saturated rings. The number of rotatable bonds is 3. The summed E-state index contributed by atoms with van der Waals surface area (Å²) in [6.07, 6.45) is 4.24. The Morgan fingerprint density at radius 3 is 1.05 bits per heavy atom. The molecule has 3 aromatic carbocycles. The van der Waals surface area contributed by atoms with Crippen LogP contribution in [-0.2, 0) is 0 Å². The Morgan fingerprint density at radius 2 is 0.692 bits per heavy atom. The van der Waals surface area contributed by atoms with E-state index in [-0.39, 0.29) is 0 Å². The lowest BCUT2D eigenvalue weighted by molar-refractivity contribution is 1.32. The zero-order chi connectivity index (χ0) is 26.5. The number of aromatic nitrogens is 3. The second-order valence-corrected chi connectivity index (χ2v) is 12.2. The van der Waals surface area contributed by atoms with Crippen LogP contribution in [0.2, 0.25) is 0 Å². The van der Waals surface area contributed by atoms with Crippen molar-refractivity contribution in [2.24, 2.45) is 0 Å². The van der Waals surface area contributed by atoms with Gasteiger partial charge < -0.3 is 9.97 Å². The highest BCUT2D eigenvalue weighted by atomic mass is 79.9. The van der Waals surface area contributed by atoms with Crippen LogP contribution in [0.25, 0.3) is 67.6 Å². The van der Waals surface area contributed by atoms with Crippen molar-refractivity contribution in [2.45, 2.75) is 0 Å². The molecule has 0 aliphatic carbocycles. The molecule has 2 N–H and O–H groups in total. The maximum absolute atomic E-state index is 5.21. The van der Waals surface area contributed by atoms with Gasteiger partial charge in [-0.25, -0.2) is 4.98 Å². The third kappa shape index (κ3) is 4.56. The van der Waals surface area contributed by atoms with Crippen molar-refractivity contribution < 1.29 is 0 Å². The van der Waals surface area contributed by atoms with Crippen molar-refractivity contribution in [1.82, 2.24) is 15.0 Å². The van der Waals surface area contributed by atoms with E-state index in [2.05, 4.69) is 167 Å². The van der Waals surface area contributed by atoms with E-state index in [0.717, 1.165) is 80.3 Å². The number of nitrogens with zero attached hydrogens (tertiary/aromatic N) is 1. The summed E-state index contributed by atoms with van der Waals surface area (Å²) in [5.74, 6) is 0. The molecule has 6 bridgehead atoms. The predicted molar refractivity (Wildman–Crippen MR) is 174 cm³/mol. The number of hydrogen-bond donors (Lipinski definition) is 2. The van der Waals surface area contributed by atoms with Crippen LogP contribution in [0, 0.1) is 0 Å². The van der Waals surface area contributed by atoms with Crippen molar-refractivity contribution in [2.75, 3.05) is 0 Å². The number of fused-ring (bicyclic) bond motifs is 6. The Hall–Kier alpha value is -3.45. The molecule has 0 atom stereocenters. The van der Waals surface area contributed by atoms with Crippen LogP contribution >= 0.6 is 47.8 Å². The van der Waals surface area contributed by atoms with E-state index in [4.69, 9.17) is 4.98 Å². The van der Waals surface area contributed by atoms with Crippen LogP contribution in [0.4, 0.5) is 0 Å². The molecular formula is C33H20Br3N3. The molecule has 39 heavy (non-hydrogen) atoms. The molecule has 3 nitrogen and oxygen atoms in total. The van der Waals surface area contributed by atoms with Gasteiger partial charge in [0.05, 0.1) is 11.4 Å². The molecular weight excluding hydrogens is 678 g/mol. The lowest BCUT2D eigenvalue weighted by atomic mass is 10.0. The molecule has 4 heterocycles. The monoisotopic (exact) mass is 695 g/mol. The summed E-state index contributed by atoms with van der Waals surface area (Å²) in [6.45, 7) is 0. The van der Waals surface area contributed by atoms with E-state index in [1.807, 2.05) is 0 Å². The predicted octanol–water partition coefficient (Wildman–Crippen LogP) is 10.9. The van der Waals surface area contributed by atoms with Gasteiger partial charge in [0, 0.05) is 52.2 Å². The third-order valence-electron chi connectivity index (χ3n) is 7.00. The number of hydrogen-bond acceptors (Lipinski definition) is 1. The minimum atomic E-state index is 0.924. The first kappa shape index (κ1) is 24.6. The lowest BCUT2D eigenvalue weighted by Gasteiger charge is -2.07. The number of halogens is 3. The van der Waals surface area contributed by atoms with E-state index >= 15 is 0 Å². The van der Waals surface area contributed by atoms with Crippen LogP contribution in [0.15, 0.2) is 110 Å². The van der Waals surface area contributed by atoms with Crippen LogP contribution in [-0.4, -0.2) is 15.0 Å². The molecule has 0 unspecified atom stereocenters. The number of nitrogens with one attached hydrogen (secondary N) is 2. The molecule has 0 amide bonds. The Kier molecular flexibility index (Phi) is 6.26. The normalized spacial score (nSPS) is 11.9. The minimum absolute atomic E-state index is 0.924. The van der Waals surface area contributed by atoms with Crippen LogP contribution < -0.4 is 0 Å². The summed E-state index contributed by atoms with van der Waals surface area (Å²) in [5.41, 5.74) is 12.5. The molecule has 0 saturated carbocycles. The standard InChI is InChI=1S/C33H20Br3N3/c34-22-7-1-19(2-8-22)31-25-13-15-27(37-25)32(20-3-9-23(35)10-4-20)29-17-18-30(39-29)33(28-16-14-26(31)38-28)21-5-11-24(36)12-6-21/h1-18,37-38H. The average molecular weight is 698 g/mol. The minimum Gasteiger partial charge on any atom is -0.354 e. The lowest BCUT2D eigenvalue weighted by Crippen LogP contribution is -1.89. The first-order chi connectivity index (χ1) is 19.0. The summed E-state index contributed by atoms with van der Waals surface area (Å²) in [6, 6.07) is 33.9. The van der Waals surface area contributed by atoms with Crippen LogP contribution in [0.1, 0.15) is 11.4 Å². The molecule has 188 valence electrons. The molecule has 6 heteroatoms. The van der Waals surface area contributed by atoms with Crippen molar-refractivity contribution in [3.63, 3.8) is 0 Å². The molecule has 7 rings (SSSR count). The molecule has 1 aliphatic rings. The molecule has 0 saturated heterocycles. The van der Waals surface area contributed by atoms with E-state index in [1.54, 1.807) is 0 Å². The van der Waals surface area contributed by atoms with Crippen molar-refractivity contribution in [3.8, 4) is 33.4 Å². The molecule has 3 aromatic heterocycles. The van der Waals surface area contributed by atoms with E-state index in [0.29, 0.717) is 0 Å². The van der Waals surface area contributed by atoms with Gasteiger partial charge in [0.15, 0.2) is 0 Å². The summed E-state index contributed by atoms with van der Waals surface area (Å²) < 4.78 is 3.14. The van der Waals surface area contributed by atoms with Crippen molar-refractivity contribution in [1.29, 1.82) is 0 Å². The zero-order valence-electron chi connectivity index (χ0n) is 20.5. The summed E-state index contributed by atoms with van der Waals surface area (Å²) in [7, 11) is 0. The van der Waals surface area contributed by atoms with E-state index in [1.165, 1.54) is 0 Å². The topological polar surface area (TPSA) is 44.5 Å². The highest BCUT2D eigenvalue weighted by molar-refractivity contribution is 9.11. The molecule has 1 aliphatic heterocycles. The first-order valence-corrected chi connectivity index (χ1v) is 14.8. The van der Waals surface area contributed by atoms with Gasteiger partial charge >= 0.3 is 0 Å². The average Bonchev–Trinajstić information content (AvgIpc) is 3.71. The smallest absolute Gasteiger partial charge is 0.0737 e. The highest BCUT2D eigenvalue weighted by Crippen LogP contribution is 2.37. The van der Waals surface area contributed by atoms with Gasteiger partial charge in [0.25, 0.3) is 0 Å². The SMILES string of the molecule is Brc1ccc(-c2c3nc(c(-c4ccc(Br)cc4)c4ccc([nH]4)c(-c4ccc(Br)cc4)c4ccc2[nH]4)C=C3)cc1. The summed E-state index contributed by atoms with van der Waals surface area (Å²) in [4.78, 5) is 12.7. The van der Waals surface area contributed by atoms with Crippen LogP contribution in [0.5, 0.6) is 0 Å². The van der Waals surface area contributed by atoms with Gasteiger partial charge in [-0.2, -0.15) is 0 Å². The zero-order valence-corrected chi connectivity index (χ0v) is 25.2. The molecule has 0 spiro atoms. The number of benzene rings is 3. The van der Waals surface area contributed by atoms with Gasteiger partial charge in [0.2, 0.25) is 0 Å². The third-order valence-corrected chi connectivity index (χ3v) is 8.59. The van der Waals surface area contributed by atoms with Gasteiger partial charge in [-0.1, -0.05) is 84.2 Å². The Bertz CT molecular complexity index is 1840. The van der Waals surface area contributed by atoms with E-state index in [9.17, 15) is 0 Å². The van der Waals surface area contributed by atoms with E-state index < -0.39 is 0 Å². The highest BCUT2D eigenvalue weighted by Gasteiger charge is 2.17. The largest absolute Gasteiger partial charge is 0.354 e. The van der Waals surface area contributed by atoms with Gasteiger partial charge in [-0.05, 0) is 89.5 Å². The number of H-pyrrole nitrogens is 2. The first-order valence-electron chi connectivity index (χ1n) is 12.5. The fraction of sp³-hybridized carbons (Fsp3) is 0. The van der Waals surface area contributed by atoms with Crippen molar-refractivity contribution in [3.05, 3.63) is 122 Å². The van der Waals surface area contributed by atoms with Crippen LogP contribution in [0.3, 0.4) is 0 Å². The maximum Gasteiger partial charge on any atom is 0.0737 e. The Morgan fingerprint density at radius 1 is 0.385 bits per heavy atom. The molecule has 6 aromatic rings. The van der Waals surface area contributed by atoms with Gasteiger partial charge in [-0.3, -0.25) is 0 Å². The number of aromatic amines is 2. The maximum atomic E-state index is 5.21. The van der Waals surface area contributed by atoms with Gasteiger partial charge in [0.1, 0.15) is 0 Å². The summed E-state index contributed by atoms with van der Waals surface area (Å²) in [5, 5.41) is 0. The Labute approximate surface area is 250 Å². The molecule has 0 radical (unpaired) electrons. The summed E-state index contributed by atoms with van der Waals surface area (Å²) >= 11 is 10.8. The van der Waals surface area contributed by atoms with Crippen molar-refractivity contribution >= 4 is 82.0 Å². The second-order valence-electron chi connectivity index (χ2n) is 9.43. The second kappa shape index (κ2) is 9.94. The fourth-order valence-electron chi connectivity index (χ4n) is 5.20. The quantitative estimate of drug-likeness (QED) is 0.190. The fourth-order valence-corrected chi connectivity index (χ4v) is 6.00. The Balaban J connectivity index is 1.65. The van der Waals surface area contributed by atoms with Gasteiger partial charge in [-0.15, -0.1) is 0 Å².